The number of nitrogens with one attached hydrogen (secondary N) is 3. The van der Waals surface area contributed by atoms with Crippen molar-refractivity contribution in [1.29, 1.82) is 0 Å². The van der Waals surface area contributed by atoms with Gasteiger partial charge in [0.05, 0.1) is 5.75 Å². The number of sulfonamides is 1. The van der Waals surface area contributed by atoms with Gasteiger partial charge in [0.25, 0.3) is 5.91 Å². The number of fused-ring (bicyclic) bond motifs is 2. The molecule has 0 bridgehead atoms. The van der Waals surface area contributed by atoms with E-state index in [-0.39, 0.29) is 29.9 Å². The van der Waals surface area contributed by atoms with Crippen LogP contribution in [0.1, 0.15) is 92.4 Å². The Morgan fingerprint density at radius 1 is 1.20 bits per heavy atom. The summed E-state index contributed by atoms with van der Waals surface area (Å²) >= 11 is 0. The zero-order valence-corrected chi connectivity index (χ0v) is 25.3. The summed E-state index contributed by atoms with van der Waals surface area (Å²) in [5, 5.41) is 5.56. The number of nitrogens with zero attached hydrogens (tertiary/aromatic N) is 1. The highest BCUT2D eigenvalue weighted by Gasteiger charge is 2.61. The molecule has 1 saturated heterocycles. The maximum absolute atomic E-state index is 13.8. The number of hydrogen-bond donors (Lipinski definition) is 3. The van der Waals surface area contributed by atoms with Gasteiger partial charge in [-0.15, -0.1) is 0 Å². The molecule has 0 unspecified atom stereocenters. The van der Waals surface area contributed by atoms with E-state index >= 15 is 0 Å². The molecule has 226 valence electrons. The third-order valence-corrected chi connectivity index (χ3v) is 8.92. The van der Waals surface area contributed by atoms with Gasteiger partial charge in [0, 0.05) is 12.5 Å². The van der Waals surface area contributed by atoms with Crippen molar-refractivity contribution in [3.63, 3.8) is 0 Å². The molecule has 0 aromatic rings. The smallest absolute Gasteiger partial charge is 0.408 e. The first-order valence-electron chi connectivity index (χ1n) is 14.5. The van der Waals surface area contributed by atoms with E-state index in [1.165, 1.54) is 4.90 Å². The first kappa shape index (κ1) is 31.9. The second-order valence-corrected chi connectivity index (χ2v) is 14.3. The van der Waals surface area contributed by atoms with Crippen molar-refractivity contribution in [2.75, 3.05) is 12.3 Å². The number of allylic oxidation sites excluding steroid dienone is 1. The minimum Gasteiger partial charge on any atom is -0.444 e. The minimum absolute atomic E-state index is 0.0230. The monoisotopic (exact) mass is 582 g/mol. The lowest BCUT2D eigenvalue weighted by Crippen LogP contribution is -2.58. The van der Waals surface area contributed by atoms with Gasteiger partial charge in [-0.05, 0) is 65.2 Å². The fourth-order valence-electron chi connectivity index (χ4n) is 5.40. The lowest BCUT2D eigenvalue weighted by atomic mass is 10.0. The van der Waals surface area contributed by atoms with Gasteiger partial charge in [0.15, 0.2) is 0 Å². The third kappa shape index (κ3) is 8.44. The van der Waals surface area contributed by atoms with Crippen LogP contribution in [-0.4, -0.2) is 72.7 Å². The average Bonchev–Trinajstić information content (AvgIpc) is 3.39. The molecule has 3 rings (SSSR count). The Bertz CT molecular complexity index is 1100. The molecule has 0 radical (unpaired) electrons. The topological polar surface area (TPSA) is 151 Å². The fourth-order valence-corrected chi connectivity index (χ4v) is 6.63. The second-order valence-electron chi connectivity index (χ2n) is 12.5. The Kier molecular flexibility index (Phi) is 10.3. The van der Waals surface area contributed by atoms with Crippen molar-refractivity contribution in [3.05, 3.63) is 12.2 Å². The predicted octanol–water partition coefficient (Wildman–Crippen LogP) is 2.76. The van der Waals surface area contributed by atoms with Crippen molar-refractivity contribution in [2.45, 2.75) is 116 Å². The standard InChI is InChI=1S/C28H46N4O7S/c1-6-7-15-40(37,38)31-25(35)28-17-20(28)13-11-9-8-10-12-14-21(29-26(36)39-27(3,4)5)24(34)32-18-19(2)16-22(32)23(33)30-28/h11,13,19-22H,6-10,12,14-18H2,1-5H3,(H,29,36)(H,30,33)(H,31,35)/b13-11-/t19-,20-,21+,22+,28-/m1/s1. The molecule has 0 aromatic heterocycles. The van der Waals surface area contributed by atoms with Crippen LogP contribution in [0.25, 0.3) is 0 Å². The van der Waals surface area contributed by atoms with E-state index in [1.54, 1.807) is 20.8 Å². The normalized spacial score (nSPS) is 30.6. The maximum Gasteiger partial charge on any atom is 0.408 e. The third-order valence-electron chi connectivity index (χ3n) is 7.60. The van der Waals surface area contributed by atoms with Crippen molar-refractivity contribution in [1.82, 2.24) is 20.3 Å². The summed E-state index contributed by atoms with van der Waals surface area (Å²) in [6, 6.07) is -1.70. The van der Waals surface area contributed by atoms with Crippen LogP contribution in [0.5, 0.6) is 0 Å². The molecule has 2 aliphatic heterocycles. The van der Waals surface area contributed by atoms with Crippen LogP contribution >= 0.6 is 0 Å². The van der Waals surface area contributed by atoms with Crippen LogP contribution in [0.2, 0.25) is 0 Å². The van der Waals surface area contributed by atoms with E-state index in [9.17, 15) is 27.6 Å². The molecule has 3 N–H and O–H groups in total. The minimum atomic E-state index is -3.85. The maximum atomic E-state index is 13.8. The van der Waals surface area contributed by atoms with E-state index in [2.05, 4.69) is 15.4 Å². The van der Waals surface area contributed by atoms with Gasteiger partial charge in [0.1, 0.15) is 23.2 Å². The van der Waals surface area contributed by atoms with Gasteiger partial charge in [-0.2, -0.15) is 0 Å². The van der Waals surface area contributed by atoms with E-state index in [1.807, 2.05) is 26.0 Å². The number of carbonyl (C=O) groups excluding carboxylic acids is 4. The molecule has 1 saturated carbocycles. The lowest BCUT2D eigenvalue weighted by Gasteiger charge is -2.30. The van der Waals surface area contributed by atoms with E-state index in [0.29, 0.717) is 38.6 Å². The van der Waals surface area contributed by atoms with Gasteiger partial charge in [-0.1, -0.05) is 45.3 Å². The van der Waals surface area contributed by atoms with Crippen LogP contribution in [0.15, 0.2) is 12.2 Å². The highest BCUT2D eigenvalue weighted by Crippen LogP contribution is 2.45. The van der Waals surface area contributed by atoms with E-state index < -0.39 is 51.2 Å². The van der Waals surface area contributed by atoms with Crippen molar-refractivity contribution >= 4 is 33.8 Å². The van der Waals surface area contributed by atoms with Crippen LogP contribution in [0.3, 0.4) is 0 Å². The summed E-state index contributed by atoms with van der Waals surface area (Å²) in [7, 11) is -3.85. The van der Waals surface area contributed by atoms with Gasteiger partial charge in [-0.3, -0.25) is 19.1 Å². The summed E-state index contributed by atoms with van der Waals surface area (Å²) < 4.78 is 32.6. The molecule has 0 aromatic carbocycles. The Balaban J connectivity index is 1.86. The number of rotatable bonds is 6. The highest BCUT2D eigenvalue weighted by molar-refractivity contribution is 7.90. The molecule has 5 atom stereocenters. The summed E-state index contributed by atoms with van der Waals surface area (Å²) in [4.78, 5) is 54.8. The largest absolute Gasteiger partial charge is 0.444 e. The SMILES string of the molecule is CCCCS(=O)(=O)NC(=O)[C@@]12C[C@H]1/C=C\CCCCC[C@H](NC(=O)OC(C)(C)C)C(=O)N1C[C@H](C)C[C@H]1C(=O)N2. The second kappa shape index (κ2) is 12.9. The zero-order chi connectivity index (χ0) is 29.7. The van der Waals surface area contributed by atoms with Crippen LogP contribution < -0.4 is 15.4 Å². The molecular weight excluding hydrogens is 536 g/mol. The number of hydrogen-bond acceptors (Lipinski definition) is 7. The molecular formula is C28H46N4O7S. The van der Waals surface area contributed by atoms with Crippen LogP contribution in [0.4, 0.5) is 4.79 Å². The zero-order valence-electron chi connectivity index (χ0n) is 24.5. The highest BCUT2D eigenvalue weighted by atomic mass is 32.2. The van der Waals surface area contributed by atoms with Gasteiger partial charge in [0.2, 0.25) is 21.8 Å². The van der Waals surface area contributed by atoms with E-state index in [0.717, 1.165) is 19.3 Å². The van der Waals surface area contributed by atoms with Crippen molar-refractivity contribution < 1.29 is 32.3 Å². The van der Waals surface area contributed by atoms with Crippen molar-refractivity contribution in [3.8, 4) is 0 Å². The Morgan fingerprint density at radius 2 is 1.93 bits per heavy atom. The van der Waals surface area contributed by atoms with Gasteiger partial charge < -0.3 is 20.3 Å². The fraction of sp³-hybridized carbons (Fsp3) is 0.786. The number of amides is 4. The number of carbonyl (C=O) groups is 4. The Hall–Kier alpha value is -2.63. The van der Waals surface area contributed by atoms with Crippen LogP contribution in [0, 0.1) is 11.8 Å². The summed E-state index contributed by atoms with van der Waals surface area (Å²) in [5.41, 5.74) is -2.12. The molecule has 11 nitrogen and oxygen atoms in total. The quantitative estimate of drug-likeness (QED) is 0.408. The first-order chi connectivity index (χ1) is 18.7. The predicted molar refractivity (Wildman–Crippen MR) is 150 cm³/mol. The number of unbranched alkanes of at least 4 members (excludes halogenated alkanes) is 1. The van der Waals surface area contributed by atoms with Crippen LogP contribution in [-0.2, 0) is 29.1 Å². The molecule has 4 amide bonds. The summed E-state index contributed by atoms with van der Waals surface area (Å²) in [6.45, 7) is 9.36. The van der Waals surface area contributed by atoms with Gasteiger partial charge in [-0.25, -0.2) is 13.2 Å². The Morgan fingerprint density at radius 3 is 2.60 bits per heavy atom. The molecule has 0 spiro atoms. The lowest BCUT2D eigenvalue weighted by molar-refractivity contribution is -0.141. The first-order valence-corrected chi connectivity index (χ1v) is 16.2. The molecule has 1 aliphatic carbocycles. The summed E-state index contributed by atoms with van der Waals surface area (Å²) in [6.07, 6.45) is 8.42. The van der Waals surface area contributed by atoms with E-state index in [4.69, 9.17) is 4.74 Å². The molecule has 2 heterocycles. The Labute approximate surface area is 238 Å². The van der Waals surface area contributed by atoms with Crippen molar-refractivity contribution in [2.24, 2.45) is 11.8 Å². The number of ether oxygens (including phenoxy) is 1. The molecule has 2 fully saturated rings. The number of alkyl carbamates (subject to hydrolysis) is 1. The average molecular weight is 583 g/mol. The molecule has 12 heteroatoms. The molecule has 40 heavy (non-hydrogen) atoms. The molecule has 3 aliphatic rings. The summed E-state index contributed by atoms with van der Waals surface area (Å²) in [5.74, 6) is -2.10. The van der Waals surface area contributed by atoms with Gasteiger partial charge >= 0.3 is 6.09 Å².